The van der Waals surface area contributed by atoms with Crippen molar-refractivity contribution < 1.29 is 31.5 Å². The molecule has 7 nitrogen and oxygen atoms in total. The van der Waals surface area contributed by atoms with Gasteiger partial charge in [0.1, 0.15) is 22.3 Å². The molecule has 0 spiro atoms. The monoisotopic (exact) mass is 486 g/mol. The normalized spacial score (nSPS) is 15.9. The van der Waals surface area contributed by atoms with Crippen LogP contribution in [-0.2, 0) is 19.6 Å². The minimum atomic E-state index is -3.85. The molecule has 1 aliphatic heterocycles. The van der Waals surface area contributed by atoms with Crippen LogP contribution in [0.2, 0.25) is 0 Å². The molecule has 32 heavy (non-hydrogen) atoms. The first-order chi connectivity index (χ1) is 15.2. The second-order valence-electron chi connectivity index (χ2n) is 7.02. The fourth-order valence-electron chi connectivity index (χ4n) is 3.26. The number of hydrogen-bond donors (Lipinski definition) is 1. The minimum absolute atomic E-state index is 0.0610. The van der Waals surface area contributed by atoms with Gasteiger partial charge in [0.05, 0.1) is 26.1 Å². The Morgan fingerprint density at radius 1 is 1.22 bits per heavy atom. The zero-order valence-electron chi connectivity index (χ0n) is 17.6. The largest absolute Gasteiger partial charge is 0.495 e. The molecule has 0 bridgehead atoms. The maximum atomic E-state index is 13.9. The van der Waals surface area contributed by atoms with E-state index >= 15 is 0 Å². The third kappa shape index (κ3) is 5.58. The summed E-state index contributed by atoms with van der Waals surface area (Å²) in [6.45, 7) is 2.66. The molecule has 0 aliphatic carbocycles. The lowest BCUT2D eigenvalue weighted by Gasteiger charge is -2.26. The summed E-state index contributed by atoms with van der Waals surface area (Å²) in [4.78, 5) is 12.3. The molecule has 1 unspecified atom stereocenters. The van der Waals surface area contributed by atoms with Crippen molar-refractivity contribution in [3.63, 3.8) is 0 Å². The van der Waals surface area contributed by atoms with Gasteiger partial charge in [-0.05, 0) is 37.3 Å². The smallest absolute Gasteiger partial charge is 0.246 e. The molecule has 1 amide bonds. The van der Waals surface area contributed by atoms with Crippen LogP contribution >= 0.6 is 11.8 Å². The quantitative estimate of drug-likeness (QED) is 0.616. The van der Waals surface area contributed by atoms with E-state index in [2.05, 4.69) is 5.32 Å². The highest BCUT2D eigenvalue weighted by Gasteiger charge is 2.29. The maximum absolute atomic E-state index is 13.9. The Morgan fingerprint density at radius 2 is 1.88 bits per heavy atom. The van der Waals surface area contributed by atoms with Gasteiger partial charge in [0.25, 0.3) is 0 Å². The van der Waals surface area contributed by atoms with Gasteiger partial charge in [-0.1, -0.05) is 6.07 Å². The average Bonchev–Trinajstić information content (AvgIpc) is 2.78. The summed E-state index contributed by atoms with van der Waals surface area (Å²) >= 11 is 1.07. The standard InChI is InChI=1S/C21H24F2N2O5S2/c1-14(21-16(22)4-3-5-17(21)23)31-13-20(26)24-15-6-7-18(29-2)19(12-15)32(27,28)25-8-10-30-11-9-25/h3-7,12,14H,8-11,13H2,1-2H3,(H,24,26). The van der Waals surface area contributed by atoms with Crippen LogP contribution in [0.25, 0.3) is 0 Å². The molecule has 1 aliphatic rings. The van der Waals surface area contributed by atoms with Crippen LogP contribution < -0.4 is 10.1 Å². The highest BCUT2D eigenvalue weighted by molar-refractivity contribution is 8.00. The molecule has 0 aromatic heterocycles. The van der Waals surface area contributed by atoms with Crippen LogP contribution in [0.4, 0.5) is 14.5 Å². The molecule has 3 rings (SSSR count). The number of halogens is 2. The lowest BCUT2D eigenvalue weighted by Crippen LogP contribution is -2.40. The summed E-state index contributed by atoms with van der Waals surface area (Å²) in [6, 6.07) is 7.95. The molecule has 1 heterocycles. The van der Waals surface area contributed by atoms with Gasteiger partial charge in [0.2, 0.25) is 15.9 Å². The lowest BCUT2D eigenvalue weighted by molar-refractivity contribution is -0.113. The van der Waals surface area contributed by atoms with Crippen LogP contribution in [0.5, 0.6) is 5.75 Å². The molecule has 174 valence electrons. The molecule has 11 heteroatoms. The molecule has 1 fully saturated rings. The zero-order chi connectivity index (χ0) is 23.3. The first kappa shape index (κ1) is 24.4. The number of nitrogens with zero attached hydrogens (tertiary/aromatic N) is 1. The fourth-order valence-corrected chi connectivity index (χ4v) is 5.72. The van der Waals surface area contributed by atoms with Crippen molar-refractivity contribution in [2.24, 2.45) is 0 Å². The van der Waals surface area contributed by atoms with Gasteiger partial charge in [-0.15, -0.1) is 11.8 Å². The first-order valence-electron chi connectivity index (χ1n) is 9.85. The maximum Gasteiger partial charge on any atom is 0.246 e. The Balaban J connectivity index is 1.71. The number of benzene rings is 2. The first-order valence-corrected chi connectivity index (χ1v) is 12.3. The summed E-state index contributed by atoms with van der Waals surface area (Å²) in [6.07, 6.45) is 0. The van der Waals surface area contributed by atoms with Gasteiger partial charge in [0, 0.05) is 29.6 Å². The van der Waals surface area contributed by atoms with Crippen LogP contribution in [0.3, 0.4) is 0 Å². The molecule has 0 saturated carbocycles. The van der Waals surface area contributed by atoms with Crippen molar-refractivity contribution in [1.82, 2.24) is 4.31 Å². The fraction of sp³-hybridized carbons (Fsp3) is 0.381. The second-order valence-corrected chi connectivity index (χ2v) is 10.3. The number of sulfonamides is 1. The molecule has 1 saturated heterocycles. The summed E-state index contributed by atoms with van der Waals surface area (Å²) in [5.74, 6) is -1.69. The van der Waals surface area contributed by atoms with E-state index < -0.39 is 32.8 Å². The molecule has 1 atom stereocenters. The van der Waals surface area contributed by atoms with Gasteiger partial charge in [-0.3, -0.25) is 4.79 Å². The predicted octanol–water partition coefficient (Wildman–Crippen LogP) is 3.43. The van der Waals surface area contributed by atoms with Crippen molar-refractivity contribution in [2.75, 3.05) is 44.5 Å². The molecule has 2 aromatic rings. The van der Waals surface area contributed by atoms with E-state index in [0.29, 0.717) is 13.2 Å². The number of anilines is 1. The predicted molar refractivity (Wildman–Crippen MR) is 118 cm³/mol. The number of hydrogen-bond acceptors (Lipinski definition) is 6. The number of ether oxygens (including phenoxy) is 2. The number of thioether (sulfide) groups is 1. The number of nitrogens with one attached hydrogen (secondary N) is 1. The van der Waals surface area contributed by atoms with Crippen molar-refractivity contribution >= 4 is 33.4 Å². The molecule has 1 N–H and O–H groups in total. The van der Waals surface area contributed by atoms with Crippen molar-refractivity contribution in [3.8, 4) is 5.75 Å². The third-order valence-electron chi connectivity index (χ3n) is 4.91. The van der Waals surface area contributed by atoms with Crippen LogP contribution in [-0.4, -0.2) is 57.8 Å². The SMILES string of the molecule is COc1ccc(NC(=O)CSC(C)c2c(F)cccc2F)cc1S(=O)(=O)N1CCOCC1. The minimum Gasteiger partial charge on any atom is -0.495 e. The number of methoxy groups -OCH3 is 1. The Hall–Kier alpha value is -2.21. The van der Waals surface area contributed by atoms with E-state index in [-0.39, 0.29) is 40.7 Å². The highest BCUT2D eigenvalue weighted by Crippen LogP contribution is 2.33. The summed E-state index contributed by atoms with van der Waals surface area (Å²) in [5, 5.41) is 2.05. The molecular weight excluding hydrogens is 462 g/mol. The van der Waals surface area contributed by atoms with Crippen molar-refractivity contribution in [3.05, 3.63) is 53.6 Å². The third-order valence-corrected chi connectivity index (χ3v) is 7.99. The number of amides is 1. The van der Waals surface area contributed by atoms with Gasteiger partial charge in [0.15, 0.2) is 0 Å². The average molecular weight is 487 g/mol. The van der Waals surface area contributed by atoms with E-state index in [1.807, 2.05) is 0 Å². The Labute approximate surface area is 190 Å². The van der Waals surface area contributed by atoms with E-state index in [1.54, 1.807) is 6.92 Å². The van der Waals surface area contributed by atoms with Gasteiger partial charge < -0.3 is 14.8 Å². The van der Waals surface area contributed by atoms with Crippen molar-refractivity contribution in [1.29, 1.82) is 0 Å². The van der Waals surface area contributed by atoms with E-state index in [9.17, 15) is 22.0 Å². The molecule has 2 aromatic carbocycles. The summed E-state index contributed by atoms with van der Waals surface area (Å²) < 4.78 is 65.7. The van der Waals surface area contributed by atoms with Crippen LogP contribution in [0.1, 0.15) is 17.7 Å². The van der Waals surface area contributed by atoms with Gasteiger partial charge >= 0.3 is 0 Å². The Bertz CT molecular complexity index is 1060. The Morgan fingerprint density at radius 3 is 2.50 bits per heavy atom. The van der Waals surface area contributed by atoms with E-state index in [0.717, 1.165) is 11.8 Å². The topological polar surface area (TPSA) is 84.9 Å². The summed E-state index contributed by atoms with van der Waals surface area (Å²) in [5.41, 5.74) is 0.182. The molecule has 0 radical (unpaired) electrons. The van der Waals surface area contributed by atoms with Crippen LogP contribution in [0, 0.1) is 11.6 Å². The number of carbonyl (C=O) groups is 1. The van der Waals surface area contributed by atoms with E-state index in [1.165, 1.54) is 47.8 Å². The van der Waals surface area contributed by atoms with Gasteiger partial charge in [-0.25, -0.2) is 17.2 Å². The number of rotatable bonds is 8. The highest BCUT2D eigenvalue weighted by atomic mass is 32.2. The number of morpholine rings is 1. The second kappa shape index (κ2) is 10.6. The van der Waals surface area contributed by atoms with Crippen molar-refractivity contribution in [2.45, 2.75) is 17.1 Å². The Kier molecular flexibility index (Phi) is 8.10. The zero-order valence-corrected chi connectivity index (χ0v) is 19.3. The summed E-state index contributed by atoms with van der Waals surface area (Å²) in [7, 11) is -2.48. The molecular formula is C21H24F2N2O5S2. The van der Waals surface area contributed by atoms with Crippen LogP contribution in [0.15, 0.2) is 41.3 Å². The van der Waals surface area contributed by atoms with E-state index in [4.69, 9.17) is 9.47 Å². The number of carbonyl (C=O) groups excluding carboxylic acids is 1. The van der Waals surface area contributed by atoms with Gasteiger partial charge in [-0.2, -0.15) is 4.31 Å². The lowest BCUT2D eigenvalue weighted by atomic mass is 10.1.